The van der Waals surface area contributed by atoms with Gasteiger partial charge in [-0.2, -0.15) is 0 Å². The van der Waals surface area contributed by atoms with E-state index in [0.29, 0.717) is 28.2 Å². The number of methoxy groups -OCH3 is 3. The lowest BCUT2D eigenvalue weighted by molar-refractivity contribution is 0.0649. The van der Waals surface area contributed by atoms with Crippen LogP contribution in [0, 0.1) is 0 Å². The summed E-state index contributed by atoms with van der Waals surface area (Å²) in [4.78, 5) is 42.3. The number of H-pyrrole nitrogens is 2. The van der Waals surface area contributed by atoms with Crippen molar-refractivity contribution in [2.45, 2.75) is 6.42 Å². The maximum atomic E-state index is 13.2. The molecule has 0 aliphatic rings. The molecule has 2 aromatic carbocycles. The van der Waals surface area contributed by atoms with Crippen molar-refractivity contribution in [2.24, 2.45) is 0 Å². The number of fused-ring (bicyclic) bond motifs is 2. The molecule has 0 spiro atoms. The van der Waals surface area contributed by atoms with Gasteiger partial charge in [-0.1, -0.05) is 0 Å². The molecule has 4 aromatic rings. The lowest BCUT2D eigenvalue weighted by Crippen LogP contribution is -2.14. The smallest absolute Gasteiger partial charge is 0.353 e. The van der Waals surface area contributed by atoms with Crippen LogP contribution in [0.4, 0.5) is 5.69 Å². The fourth-order valence-corrected chi connectivity index (χ4v) is 4.51. The molecule has 13 heteroatoms. The molecule has 2 aromatic heterocycles. The van der Waals surface area contributed by atoms with Crippen LogP contribution in [0.25, 0.3) is 21.8 Å². The molecule has 6 N–H and O–H groups in total. The van der Waals surface area contributed by atoms with Gasteiger partial charge in [-0.25, -0.2) is 9.59 Å². The van der Waals surface area contributed by atoms with Crippen molar-refractivity contribution in [3.05, 3.63) is 40.7 Å². The van der Waals surface area contributed by atoms with Gasteiger partial charge in [-0.15, -0.1) is 11.6 Å². The van der Waals surface area contributed by atoms with Gasteiger partial charge in [-0.3, -0.25) is 4.79 Å². The number of benzene rings is 2. The summed E-state index contributed by atoms with van der Waals surface area (Å²) in [6.45, 7) is 0. The number of carbonyl (C=O) groups is 3. The summed E-state index contributed by atoms with van der Waals surface area (Å²) in [6, 6.07) is 4.41. The van der Waals surface area contributed by atoms with E-state index in [0.717, 1.165) is 0 Å². The molecule has 0 bridgehead atoms. The average molecular weight is 532 g/mol. The second kappa shape index (κ2) is 9.82. The number of carbonyl (C=O) groups excluding carboxylic acids is 1. The number of amides is 1. The molecular formula is C24H22ClN3O9. The Balaban J connectivity index is 1.86. The highest BCUT2D eigenvalue weighted by atomic mass is 35.5. The molecule has 0 atom stereocenters. The third kappa shape index (κ3) is 4.20. The predicted molar refractivity (Wildman–Crippen MR) is 134 cm³/mol. The Morgan fingerprint density at radius 2 is 1.65 bits per heavy atom. The summed E-state index contributed by atoms with van der Waals surface area (Å²) in [5.74, 6) is -3.06. The number of carboxylic acids is 2. The van der Waals surface area contributed by atoms with Crippen LogP contribution in [0.2, 0.25) is 0 Å². The Labute approximate surface area is 213 Å². The Kier molecular flexibility index (Phi) is 6.77. The molecule has 0 radical (unpaired) electrons. The van der Waals surface area contributed by atoms with E-state index >= 15 is 0 Å². The number of phenols is 1. The third-order valence-corrected chi connectivity index (χ3v) is 6.04. The Bertz CT molecular complexity index is 1570. The number of ether oxygens (including phenoxy) is 3. The third-order valence-electron chi connectivity index (χ3n) is 5.85. The standard InChI is InChI=1S/C24H22ClN3O9/c1-35-14-7-9-6-12(26-17(9)21(37-3)20(14)36-2)22(30)27-11-8-13(29)18-15(10(11)4-5-25)16(23(31)32)19(28-18)24(33)34/h6-8,26,28-29H,4-5H2,1-3H3,(H,27,30)(H,31,32)(H,33,34). The van der Waals surface area contributed by atoms with Crippen LogP contribution in [-0.2, 0) is 6.42 Å². The van der Waals surface area contributed by atoms with Crippen LogP contribution in [-0.4, -0.2) is 70.3 Å². The van der Waals surface area contributed by atoms with Gasteiger partial charge in [0.2, 0.25) is 5.75 Å². The fourth-order valence-electron chi connectivity index (χ4n) is 4.32. The molecule has 0 fully saturated rings. The van der Waals surface area contributed by atoms with Crippen molar-refractivity contribution in [3.8, 4) is 23.0 Å². The Morgan fingerprint density at radius 1 is 0.946 bits per heavy atom. The largest absolute Gasteiger partial charge is 0.506 e. The van der Waals surface area contributed by atoms with Crippen molar-refractivity contribution in [3.63, 3.8) is 0 Å². The molecule has 0 saturated heterocycles. The van der Waals surface area contributed by atoms with E-state index in [1.807, 2.05) is 0 Å². The topological polar surface area (TPSA) is 183 Å². The highest BCUT2D eigenvalue weighted by Gasteiger charge is 2.28. The van der Waals surface area contributed by atoms with Gasteiger partial charge in [0.05, 0.1) is 32.4 Å². The number of rotatable bonds is 9. The SMILES string of the molecule is COc1cc2cc(C(=O)Nc3cc(O)c4[nH]c(C(=O)O)c(C(=O)O)c4c3CCCl)[nH]c2c(OC)c1OC. The summed E-state index contributed by atoms with van der Waals surface area (Å²) < 4.78 is 16.2. The molecule has 4 rings (SSSR count). The zero-order chi connectivity index (χ0) is 27.0. The summed E-state index contributed by atoms with van der Waals surface area (Å²) in [6.07, 6.45) is 0.0695. The van der Waals surface area contributed by atoms with Crippen LogP contribution < -0.4 is 19.5 Å². The number of halogens is 1. The van der Waals surface area contributed by atoms with Crippen LogP contribution in [0.5, 0.6) is 23.0 Å². The second-order valence-electron chi connectivity index (χ2n) is 7.84. The minimum atomic E-state index is -1.52. The molecule has 0 unspecified atom stereocenters. The number of alkyl halides is 1. The van der Waals surface area contributed by atoms with Crippen LogP contribution in [0.3, 0.4) is 0 Å². The van der Waals surface area contributed by atoms with Gasteiger partial charge >= 0.3 is 11.9 Å². The van der Waals surface area contributed by atoms with Gasteiger partial charge in [0.1, 0.15) is 22.7 Å². The second-order valence-corrected chi connectivity index (χ2v) is 8.22. The Morgan fingerprint density at radius 3 is 2.22 bits per heavy atom. The summed E-state index contributed by atoms with van der Waals surface area (Å²) in [5, 5.41) is 33.0. The molecule has 12 nitrogen and oxygen atoms in total. The fraction of sp³-hybridized carbons (Fsp3) is 0.208. The summed E-state index contributed by atoms with van der Waals surface area (Å²) in [7, 11) is 4.36. The lowest BCUT2D eigenvalue weighted by atomic mass is 9.99. The van der Waals surface area contributed by atoms with Crippen LogP contribution in [0.15, 0.2) is 18.2 Å². The van der Waals surface area contributed by atoms with Crippen molar-refractivity contribution < 1.29 is 43.9 Å². The highest BCUT2D eigenvalue weighted by Crippen LogP contribution is 2.43. The van der Waals surface area contributed by atoms with E-state index in [9.17, 15) is 29.7 Å². The zero-order valence-corrected chi connectivity index (χ0v) is 20.6. The van der Waals surface area contributed by atoms with E-state index in [1.165, 1.54) is 27.4 Å². The first-order chi connectivity index (χ1) is 17.7. The van der Waals surface area contributed by atoms with Gasteiger partial charge in [0, 0.05) is 28.4 Å². The monoisotopic (exact) mass is 531 g/mol. The normalized spacial score (nSPS) is 11.0. The molecule has 1 amide bonds. The van der Waals surface area contributed by atoms with Gasteiger partial charge in [0.25, 0.3) is 5.91 Å². The van der Waals surface area contributed by atoms with Crippen LogP contribution in [0.1, 0.15) is 36.9 Å². The number of aryl methyl sites for hydroxylation is 1. The summed E-state index contributed by atoms with van der Waals surface area (Å²) in [5.41, 5.74) is -0.369. The number of anilines is 1. The highest BCUT2D eigenvalue weighted by molar-refractivity contribution is 6.19. The van der Waals surface area contributed by atoms with Crippen molar-refractivity contribution in [1.82, 2.24) is 9.97 Å². The van der Waals surface area contributed by atoms with Gasteiger partial charge < -0.3 is 44.8 Å². The number of phenolic OH excluding ortho intramolecular Hbond substituents is 1. The van der Waals surface area contributed by atoms with Crippen LogP contribution >= 0.6 is 11.6 Å². The van der Waals surface area contributed by atoms with E-state index in [4.69, 9.17) is 25.8 Å². The first-order valence-electron chi connectivity index (χ1n) is 10.7. The number of hydrogen-bond acceptors (Lipinski definition) is 7. The van der Waals surface area contributed by atoms with Gasteiger partial charge in [-0.05, 0) is 24.1 Å². The van der Waals surface area contributed by atoms with Crippen molar-refractivity contribution >= 4 is 56.9 Å². The molecule has 194 valence electrons. The number of aromatic carboxylic acids is 2. The van der Waals surface area contributed by atoms with E-state index in [2.05, 4.69) is 15.3 Å². The number of aromatic amines is 2. The molecular weight excluding hydrogens is 510 g/mol. The van der Waals surface area contributed by atoms with E-state index < -0.39 is 34.9 Å². The maximum absolute atomic E-state index is 13.2. The summed E-state index contributed by atoms with van der Waals surface area (Å²) >= 11 is 5.95. The molecule has 0 aliphatic carbocycles. The van der Waals surface area contributed by atoms with E-state index in [-0.39, 0.29) is 40.1 Å². The minimum Gasteiger partial charge on any atom is -0.506 e. The quantitative estimate of drug-likeness (QED) is 0.175. The molecule has 2 heterocycles. The molecule has 0 saturated carbocycles. The molecule has 0 aliphatic heterocycles. The molecule has 37 heavy (non-hydrogen) atoms. The number of aromatic hydroxyl groups is 1. The zero-order valence-electron chi connectivity index (χ0n) is 19.8. The average Bonchev–Trinajstić information content (AvgIpc) is 3.47. The number of carboxylic acid groups (broad SMARTS) is 2. The van der Waals surface area contributed by atoms with E-state index in [1.54, 1.807) is 12.1 Å². The number of aromatic nitrogens is 2. The number of nitrogens with one attached hydrogen (secondary N) is 3. The first kappa shape index (κ1) is 25.5. The predicted octanol–water partition coefficient (Wildman–Crippen LogP) is 3.81. The lowest BCUT2D eigenvalue weighted by Gasteiger charge is -2.13. The first-order valence-corrected chi connectivity index (χ1v) is 11.3. The minimum absolute atomic E-state index is 0.0264. The maximum Gasteiger partial charge on any atom is 0.353 e. The van der Waals surface area contributed by atoms with Crippen molar-refractivity contribution in [2.75, 3.05) is 32.5 Å². The van der Waals surface area contributed by atoms with Gasteiger partial charge in [0.15, 0.2) is 11.5 Å². The number of hydrogen-bond donors (Lipinski definition) is 6. The van der Waals surface area contributed by atoms with Crippen molar-refractivity contribution in [1.29, 1.82) is 0 Å². The Hall–Kier alpha value is -4.58.